The number of aryl methyl sites for hydroxylation is 3. The van der Waals surface area contributed by atoms with Crippen LogP contribution in [0.1, 0.15) is 50.4 Å². The third kappa shape index (κ3) is 3.62. The van der Waals surface area contributed by atoms with E-state index >= 15 is 0 Å². The molecule has 1 atom stereocenters. The fourth-order valence-corrected chi connectivity index (χ4v) is 4.22. The maximum atomic E-state index is 12.9. The number of aromatic nitrogens is 4. The van der Waals surface area contributed by atoms with Crippen LogP contribution in [0.15, 0.2) is 23.0 Å². The molecule has 0 N–H and O–H groups in total. The fraction of sp³-hybridized carbons (Fsp3) is 0.421. The summed E-state index contributed by atoms with van der Waals surface area (Å²) in [7, 11) is 0. The molecule has 4 heterocycles. The first-order chi connectivity index (χ1) is 13.0. The van der Waals surface area contributed by atoms with Gasteiger partial charge in [-0.05, 0) is 45.2 Å². The summed E-state index contributed by atoms with van der Waals surface area (Å²) in [5, 5.41) is 4.13. The Labute approximate surface area is 161 Å². The second-order valence-electron chi connectivity index (χ2n) is 6.94. The van der Waals surface area contributed by atoms with E-state index in [2.05, 4.69) is 20.1 Å². The van der Waals surface area contributed by atoms with Crippen LogP contribution in [0.2, 0.25) is 0 Å². The number of hydrogen-bond acceptors (Lipinski definition) is 7. The molecule has 3 aromatic heterocycles. The molecule has 0 saturated carbocycles. The highest BCUT2D eigenvalue weighted by molar-refractivity contribution is 7.14. The van der Waals surface area contributed by atoms with Crippen LogP contribution in [0, 0.1) is 20.8 Å². The van der Waals surface area contributed by atoms with Crippen molar-refractivity contribution < 1.29 is 9.32 Å². The zero-order valence-electron chi connectivity index (χ0n) is 15.6. The molecular formula is C19H21N5O2S. The number of rotatable bonds is 3. The minimum Gasteiger partial charge on any atom is -0.337 e. The molecule has 0 radical (unpaired) electrons. The monoisotopic (exact) mass is 383 g/mol. The standard InChI is InChI=1S/C19H21N5O2S/c1-11-7-16(27-13(11)3)19(25)24-6-4-5-14(10-24)17-22-18(26-23-17)15-9-20-12(2)8-21-15/h7-9,14H,4-6,10H2,1-3H3. The average molecular weight is 383 g/mol. The molecule has 1 unspecified atom stereocenters. The molecule has 0 bridgehead atoms. The van der Waals surface area contributed by atoms with Crippen molar-refractivity contribution >= 4 is 17.2 Å². The Hall–Kier alpha value is -2.61. The number of amides is 1. The van der Waals surface area contributed by atoms with Crippen LogP contribution < -0.4 is 0 Å². The maximum Gasteiger partial charge on any atom is 0.278 e. The van der Waals surface area contributed by atoms with Crippen molar-refractivity contribution in [2.75, 3.05) is 13.1 Å². The minimum absolute atomic E-state index is 0.0702. The van der Waals surface area contributed by atoms with Crippen molar-refractivity contribution in [3.05, 3.63) is 45.3 Å². The van der Waals surface area contributed by atoms with Gasteiger partial charge in [0.05, 0.1) is 16.8 Å². The zero-order chi connectivity index (χ0) is 19.0. The molecule has 140 valence electrons. The van der Waals surface area contributed by atoms with Crippen molar-refractivity contribution in [2.24, 2.45) is 0 Å². The number of nitrogens with zero attached hydrogens (tertiary/aromatic N) is 5. The lowest BCUT2D eigenvalue weighted by molar-refractivity contribution is 0.0708. The summed E-state index contributed by atoms with van der Waals surface area (Å²) < 4.78 is 5.38. The number of carbonyl (C=O) groups is 1. The molecule has 1 fully saturated rings. The highest BCUT2D eigenvalue weighted by Gasteiger charge is 2.29. The van der Waals surface area contributed by atoms with E-state index in [0.717, 1.165) is 30.0 Å². The molecule has 0 aromatic carbocycles. The second-order valence-corrected chi connectivity index (χ2v) is 8.20. The van der Waals surface area contributed by atoms with Crippen LogP contribution in [0.4, 0.5) is 0 Å². The predicted octanol–water partition coefficient (Wildman–Crippen LogP) is 3.53. The first kappa shape index (κ1) is 17.8. The quantitative estimate of drug-likeness (QED) is 0.688. The molecule has 1 amide bonds. The van der Waals surface area contributed by atoms with Gasteiger partial charge in [0.25, 0.3) is 11.8 Å². The summed E-state index contributed by atoms with van der Waals surface area (Å²) in [6, 6.07) is 1.98. The summed E-state index contributed by atoms with van der Waals surface area (Å²) in [4.78, 5) is 29.7. The molecule has 8 heteroatoms. The molecule has 27 heavy (non-hydrogen) atoms. The Morgan fingerprint density at radius 2 is 2.11 bits per heavy atom. The van der Waals surface area contributed by atoms with Gasteiger partial charge in [-0.15, -0.1) is 11.3 Å². The Morgan fingerprint density at radius 1 is 1.26 bits per heavy atom. The van der Waals surface area contributed by atoms with Crippen LogP contribution in [-0.2, 0) is 0 Å². The van der Waals surface area contributed by atoms with Gasteiger partial charge in [0.15, 0.2) is 5.82 Å². The fourth-order valence-electron chi connectivity index (χ4n) is 3.21. The largest absolute Gasteiger partial charge is 0.337 e. The summed E-state index contributed by atoms with van der Waals surface area (Å²) in [5.41, 5.74) is 2.56. The van der Waals surface area contributed by atoms with E-state index in [9.17, 15) is 4.79 Å². The van der Waals surface area contributed by atoms with Crippen LogP contribution in [0.25, 0.3) is 11.6 Å². The van der Waals surface area contributed by atoms with E-state index in [0.29, 0.717) is 24.0 Å². The highest BCUT2D eigenvalue weighted by Crippen LogP contribution is 2.29. The average Bonchev–Trinajstić information content (AvgIpc) is 3.29. The third-order valence-electron chi connectivity index (χ3n) is 4.89. The number of hydrogen-bond donors (Lipinski definition) is 0. The summed E-state index contributed by atoms with van der Waals surface area (Å²) in [5.74, 6) is 1.16. The van der Waals surface area contributed by atoms with Gasteiger partial charge >= 0.3 is 0 Å². The molecule has 3 aromatic rings. The molecule has 0 spiro atoms. The normalized spacial score (nSPS) is 17.3. The Bertz CT molecular complexity index is 943. The summed E-state index contributed by atoms with van der Waals surface area (Å²) >= 11 is 1.56. The van der Waals surface area contributed by atoms with E-state index in [1.165, 1.54) is 10.4 Å². The van der Waals surface area contributed by atoms with E-state index in [1.54, 1.807) is 23.7 Å². The number of piperidine rings is 1. The SMILES string of the molecule is Cc1cnc(-c2nc(C3CCCN(C(=O)c4cc(C)c(C)s4)C3)no2)cn1. The molecular weight excluding hydrogens is 362 g/mol. The van der Waals surface area contributed by atoms with Crippen LogP contribution >= 0.6 is 11.3 Å². The molecule has 1 aliphatic rings. The van der Waals surface area contributed by atoms with Gasteiger partial charge in [0.2, 0.25) is 0 Å². The van der Waals surface area contributed by atoms with Gasteiger partial charge in [-0.2, -0.15) is 4.98 Å². The first-order valence-electron chi connectivity index (χ1n) is 9.00. The zero-order valence-corrected chi connectivity index (χ0v) is 16.4. The minimum atomic E-state index is 0.0702. The molecule has 4 rings (SSSR count). The van der Waals surface area contributed by atoms with Gasteiger partial charge in [-0.3, -0.25) is 9.78 Å². The molecule has 7 nitrogen and oxygen atoms in total. The lowest BCUT2D eigenvalue weighted by atomic mass is 9.97. The topological polar surface area (TPSA) is 85.0 Å². The lowest BCUT2D eigenvalue weighted by Gasteiger charge is -2.30. The smallest absolute Gasteiger partial charge is 0.278 e. The van der Waals surface area contributed by atoms with Crippen molar-refractivity contribution in [2.45, 2.75) is 39.5 Å². The third-order valence-corrected chi connectivity index (χ3v) is 6.03. The number of likely N-dealkylation sites (tertiary alicyclic amines) is 1. The van der Waals surface area contributed by atoms with Gasteiger partial charge in [-0.1, -0.05) is 5.16 Å². The Morgan fingerprint density at radius 3 is 2.81 bits per heavy atom. The van der Waals surface area contributed by atoms with Crippen molar-refractivity contribution in [1.82, 2.24) is 25.0 Å². The Balaban J connectivity index is 1.50. The predicted molar refractivity (Wildman–Crippen MR) is 102 cm³/mol. The van der Waals surface area contributed by atoms with Gasteiger partial charge in [0, 0.05) is 30.1 Å². The van der Waals surface area contributed by atoms with E-state index in [1.807, 2.05) is 31.7 Å². The lowest BCUT2D eigenvalue weighted by Crippen LogP contribution is -2.39. The number of carbonyl (C=O) groups excluding carboxylic acids is 1. The maximum absolute atomic E-state index is 12.9. The van der Waals surface area contributed by atoms with E-state index < -0.39 is 0 Å². The molecule has 1 saturated heterocycles. The van der Waals surface area contributed by atoms with E-state index in [4.69, 9.17) is 4.52 Å². The highest BCUT2D eigenvalue weighted by atomic mass is 32.1. The van der Waals surface area contributed by atoms with Gasteiger partial charge < -0.3 is 9.42 Å². The van der Waals surface area contributed by atoms with Crippen molar-refractivity contribution in [3.8, 4) is 11.6 Å². The van der Waals surface area contributed by atoms with Crippen LogP contribution in [0.3, 0.4) is 0 Å². The first-order valence-corrected chi connectivity index (χ1v) is 9.82. The Kier molecular flexibility index (Phi) is 4.73. The van der Waals surface area contributed by atoms with Crippen LogP contribution in [-0.4, -0.2) is 44.0 Å². The summed E-state index contributed by atoms with van der Waals surface area (Å²) in [6.07, 6.45) is 5.16. The summed E-state index contributed by atoms with van der Waals surface area (Å²) in [6.45, 7) is 7.33. The molecule has 1 aliphatic heterocycles. The van der Waals surface area contributed by atoms with Crippen molar-refractivity contribution in [1.29, 1.82) is 0 Å². The second kappa shape index (κ2) is 7.19. The number of thiophene rings is 1. The molecule has 0 aliphatic carbocycles. The van der Waals surface area contributed by atoms with Crippen molar-refractivity contribution in [3.63, 3.8) is 0 Å². The van der Waals surface area contributed by atoms with Crippen LogP contribution in [0.5, 0.6) is 0 Å². The van der Waals surface area contributed by atoms with Gasteiger partial charge in [0.1, 0.15) is 5.69 Å². The van der Waals surface area contributed by atoms with Gasteiger partial charge in [-0.25, -0.2) is 4.98 Å². The van der Waals surface area contributed by atoms with E-state index in [-0.39, 0.29) is 11.8 Å².